The van der Waals surface area contributed by atoms with Gasteiger partial charge in [0.15, 0.2) is 0 Å². The molecule has 1 saturated heterocycles. The van der Waals surface area contributed by atoms with Crippen LogP contribution in [0.5, 0.6) is 5.75 Å². The molecular weight excluding hydrogens is 318 g/mol. The van der Waals surface area contributed by atoms with Gasteiger partial charge in [0.1, 0.15) is 5.75 Å². The Kier molecular flexibility index (Phi) is 4.70. The molecule has 2 rings (SSSR count). The lowest BCUT2D eigenvalue weighted by Crippen LogP contribution is -2.53. The van der Waals surface area contributed by atoms with Crippen LogP contribution < -0.4 is 16.2 Å². The summed E-state index contributed by atoms with van der Waals surface area (Å²) < 4.78 is 32.1. The largest absolute Gasteiger partial charge is 0.496 e. The summed E-state index contributed by atoms with van der Waals surface area (Å²) in [7, 11) is -2.33. The summed E-state index contributed by atoms with van der Waals surface area (Å²) in [4.78, 5) is 11.5. The minimum Gasteiger partial charge on any atom is -0.496 e. The van der Waals surface area contributed by atoms with Gasteiger partial charge in [0, 0.05) is 19.1 Å². The molecule has 0 aliphatic carbocycles. The maximum absolute atomic E-state index is 12.8. The number of carbonyl (C=O) groups excluding carboxylic acids is 1. The Balaban J connectivity index is 2.41. The number of nitrogens with zero attached hydrogens (tertiary/aromatic N) is 1. The lowest BCUT2D eigenvalue weighted by atomic mass is 9.81. The zero-order chi connectivity index (χ0) is 17.4. The van der Waals surface area contributed by atoms with Crippen LogP contribution in [0.2, 0.25) is 0 Å². The topological polar surface area (TPSA) is 116 Å². The molecule has 1 fully saturated rings. The molecule has 1 heterocycles. The van der Waals surface area contributed by atoms with Gasteiger partial charge in [-0.1, -0.05) is 13.8 Å². The molecule has 128 valence electrons. The van der Waals surface area contributed by atoms with E-state index >= 15 is 0 Å². The standard InChI is InChI=1S/C15H23N3O4S/c1-15(2)9-18(7-6-13(15)16)23(20,21)10-4-5-12(22-3)11(8-10)14(17)19/h4-5,8,13H,6-7,9,16H2,1-3H3,(H2,17,19). The molecule has 0 radical (unpaired) electrons. The molecule has 0 aromatic heterocycles. The van der Waals surface area contributed by atoms with E-state index in [4.69, 9.17) is 16.2 Å². The molecule has 1 aromatic rings. The molecule has 1 atom stereocenters. The van der Waals surface area contributed by atoms with Crippen LogP contribution in [-0.4, -0.2) is 44.9 Å². The molecule has 0 saturated carbocycles. The molecule has 1 aromatic carbocycles. The summed E-state index contributed by atoms with van der Waals surface area (Å²) in [6, 6.07) is 4.07. The van der Waals surface area contributed by atoms with Crippen LogP contribution in [0.3, 0.4) is 0 Å². The second kappa shape index (κ2) is 6.10. The SMILES string of the molecule is COc1ccc(S(=O)(=O)N2CCC(N)C(C)(C)C2)cc1C(N)=O. The number of sulfonamides is 1. The van der Waals surface area contributed by atoms with Crippen molar-refractivity contribution >= 4 is 15.9 Å². The lowest BCUT2D eigenvalue weighted by Gasteiger charge is -2.41. The first-order valence-corrected chi connectivity index (χ1v) is 8.77. The van der Waals surface area contributed by atoms with E-state index < -0.39 is 15.9 Å². The van der Waals surface area contributed by atoms with Gasteiger partial charge >= 0.3 is 0 Å². The average molecular weight is 341 g/mol. The van der Waals surface area contributed by atoms with E-state index in [2.05, 4.69) is 0 Å². The molecule has 1 aliphatic rings. The molecule has 0 bridgehead atoms. The fraction of sp³-hybridized carbons (Fsp3) is 0.533. The zero-order valence-electron chi connectivity index (χ0n) is 13.6. The fourth-order valence-electron chi connectivity index (χ4n) is 2.72. The molecule has 23 heavy (non-hydrogen) atoms. The normalized spacial score (nSPS) is 21.8. The third kappa shape index (κ3) is 3.34. The van der Waals surface area contributed by atoms with Crippen molar-refractivity contribution in [2.45, 2.75) is 31.2 Å². The molecular formula is C15H23N3O4S. The van der Waals surface area contributed by atoms with E-state index in [9.17, 15) is 13.2 Å². The van der Waals surface area contributed by atoms with E-state index in [1.54, 1.807) is 0 Å². The van der Waals surface area contributed by atoms with Crippen LogP contribution in [-0.2, 0) is 10.0 Å². The van der Waals surface area contributed by atoms with Crippen molar-refractivity contribution in [2.24, 2.45) is 16.9 Å². The van der Waals surface area contributed by atoms with Gasteiger partial charge in [-0.2, -0.15) is 4.31 Å². The Labute approximate surface area is 136 Å². The van der Waals surface area contributed by atoms with Gasteiger partial charge in [0.2, 0.25) is 10.0 Å². The predicted molar refractivity (Wildman–Crippen MR) is 86.6 cm³/mol. The fourth-order valence-corrected chi connectivity index (χ4v) is 4.37. The highest BCUT2D eigenvalue weighted by molar-refractivity contribution is 7.89. The predicted octanol–water partition coefficient (Wildman–Crippen LogP) is 0.542. The third-order valence-electron chi connectivity index (χ3n) is 4.35. The quantitative estimate of drug-likeness (QED) is 0.829. The summed E-state index contributed by atoms with van der Waals surface area (Å²) in [5.74, 6) is -0.489. The Hall–Kier alpha value is -1.64. The summed E-state index contributed by atoms with van der Waals surface area (Å²) in [6.07, 6.45) is 0.588. The number of benzene rings is 1. The number of primary amides is 1. The van der Waals surface area contributed by atoms with E-state index in [1.165, 1.54) is 29.6 Å². The van der Waals surface area contributed by atoms with Crippen LogP contribution in [0.4, 0.5) is 0 Å². The van der Waals surface area contributed by atoms with E-state index in [-0.39, 0.29) is 27.7 Å². The van der Waals surface area contributed by atoms with Gasteiger partial charge < -0.3 is 16.2 Å². The third-order valence-corrected chi connectivity index (χ3v) is 6.19. The molecule has 0 spiro atoms. The maximum atomic E-state index is 12.8. The Morgan fingerprint density at radius 3 is 2.57 bits per heavy atom. The first kappa shape index (κ1) is 17.7. The van der Waals surface area contributed by atoms with Crippen molar-refractivity contribution in [1.82, 2.24) is 4.31 Å². The Bertz CT molecular complexity index is 715. The van der Waals surface area contributed by atoms with E-state index in [0.29, 0.717) is 19.5 Å². The van der Waals surface area contributed by atoms with Crippen molar-refractivity contribution in [3.05, 3.63) is 23.8 Å². The van der Waals surface area contributed by atoms with Crippen LogP contribution >= 0.6 is 0 Å². The summed E-state index contributed by atoms with van der Waals surface area (Å²) in [5.41, 5.74) is 11.1. The summed E-state index contributed by atoms with van der Waals surface area (Å²) in [6.45, 7) is 4.57. The number of nitrogens with two attached hydrogens (primary N) is 2. The monoisotopic (exact) mass is 341 g/mol. The molecule has 8 heteroatoms. The average Bonchev–Trinajstić information content (AvgIpc) is 2.48. The van der Waals surface area contributed by atoms with Crippen molar-refractivity contribution < 1.29 is 17.9 Å². The van der Waals surface area contributed by atoms with Crippen molar-refractivity contribution in [3.63, 3.8) is 0 Å². The molecule has 1 unspecified atom stereocenters. The number of piperidine rings is 1. The van der Waals surface area contributed by atoms with Gasteiger partial charge in [-0.3, -0.25) is 4.79 Å². The van der Waals surface area contributed by atoms with Crippen molar-refractivity contribution in [2.75, 3.05) is 20.2 Å². The number of rotatable bonds is 4. The first-order chi connectivity index (χ1) is 10.6. The van der Waals surface area contributed by atoms with E-state index in [1.807, 2.05) is 13.8 Å². The first-order valence-electron chi connectivity index (χ1n) is 7.33. The molecule has 1 amide bonds. The highest BCUT2D eigenvalue weighted by atomic mass is 32.2. The number of methoxy groups -OCH3 is 1. The number of ether oxygens (including phenoxy) is 1. The molecule has 4 N–H and O–H groups in total. The number of carbonyl (C=O) groups is 1. The van der Waals surface area contributed by atoms with Crippen LogP contribution in [0, 0.1) is 5.41 Å². The highest BCUT2D eigenvalue weighted by Gasteiger charge is 2.39. The van der Waals surface area contributed by atoms with Gasteiger partial charge in [-0.05, 0) is 30.0 Å². The van der Waals surface area contributed by atoms with Crippen LogP contribution in [0.25, 0.3) is 0 Å². The number of hydrogen-bond acceptors (Lipinski definition) is 5. The van der Waals surface area contributed by atoms with Crippen molar-refractivity contribution in [1.29, 1.82) is 0 Å². The van der Waals surface area contributed by atoms with E-state index in [0.717, 1.165) is 0 Å². The van der Waals surface area contributed by atoms with Crippen LogP contribution in [0.15, 0.2) is 23.1 Å². The minimum absolute atomic E-state index is 0.0263. The van der Waals surface area contributed by atoms with Crippen molar-refractivity contribution in [3.8, 4) is 5.75 Å². The second-order valence-electron chi connectivity index (χ2n) is 6.45. The zero-order valence-corrected chi connectivity index (χ0v) is 14.4. The van der Waals surface area contributed by atoms with Gasteiger partial charge in [-0.15, -0.1) is 0 Å². The number of amides is 1. The van der Waals surface area contributed by atoms with Gasteiger partial charge in [-0.25, -0.2) is 8.42 Å². The van der Waals surface area contributed by atoms with Gasteiger partial charge in [0.05, 0.1) is 17.6 Å². The second-order valence-corrected chi connectivity index (χ2v) is 8.39. The molecule has 1 aliphatic heterocycles. The lowest BCUT2D eigenvalue weighted by molar-refractivity contribution is 0.0997. The smallest absolute Gasteiger partial charge is 0.252 e. The summed E-state index contributed by atoms with van der Waals surface area (Å²) >= 11 is 0. The Morgan fingerprint density at radius 1 is 1.39 bits per heavy atom. The highest BCUT2D eigenvalue weighted by Crippen LogP contribution is 2.32. The summed E-state index contributed by atoms with van der Waals surface area (Å²) in [5, 5.41) is 0. The number of hydrogen-bond donors (Lipinski definition) is 2. The minimum atomic E-state index is -3.72. The maximum Gasteiger partial charge on any atom is 0.252 e. The molecule has 7 nitrogen and oxygen atoms in total. The van der Waals surface area contributed by atoms with Crippen LogP contribution in [0.1, 0.15) is 30.6 Å². The van der Waals surface area contributed by atoms with Gasteiger partial charge in [0.25, 0.3) is 5.91 Å². The Morgan fingerprint density at radius 2 is 2.04 bits per heavy atom.